The van der Waals surface area contributed by atoms with Crippen molar-refractivity contribution in [2.45, 2.75) is 24.5 Å². The van der Waals surface area contributed by atoms with Gasteiger partial charge in [0.05, 0.1) is 8.07 Å². The lowest BCUT2D eigenvalue weighted by molar-refractivity contribution is 0.496. The molecule has 1 aromatic carbocycles. The van der Waals surface area contributed by atoms with Gasteiger partial charge in [-0.15, -0.1) is 11.8 Å². The lowest BCUT2D eigenvalue weighted by atomic mass is 10.3. The second kappa shape index (κ2) is 4.02. The molecule has 0 nitrogen and oxygen atoms in total. The van der Waals surface area contributed by atoms with Crippen LogP contribution in [0.25, 0.3) is 0 Å². The summed E-state index contributed by atoms with van der Waals surface area (Å²) in [7, 11) is -1.77. The maximum Gasteiger partial charge on any atom is 0.172 e. The third kappa shape index (κ3) is 2.17. The van der Waals surface area contributed by atoms with Gasteiger partial charge in [-0.2, -0.15) is 0 Å². The zero-order chi connectivity index (χ0) is 10.9. The summed E-state index contributed by atoms with van der Waals surface area (Å²) in [5.41, 5.74) is 0. The van der Waals surface area contributed by atoms with Gasteiger partial charge < -0.3 is 0 Å². The molecule has 0 N–H and O–H groups in total. The average molecular weight is 232 g/mol. The van der Waals surface area contributed by atoms with Crippen molar-refractivity contribution in [3.05, 3.63) is 23.8 Å². The molecule has 0 aliphatic heterocycles. The molecule has 0 aromatic heterocycles. The topological polar surface area (TPSA) is 0 Å². The van der Waals surface area contributed by atoms with E-state index in [1.54, 1.807) is 18.4 Å². The standard InChI is InChI=1S/C10H14F2SSi/c1-13-7-5-6-8(14(2,3)4)10(12)9(7)11/h5-6H,1-4H3. The largest absolute Gasteiger partial charge is 0.204 e. The Morgan fingerprint density at radius 2 is 1.64 bits per heavy atom. The average Bonchev–Trinajstić information content (AvgIpc) is 2.07. The van der Waals surface area contributed by atoms with E-state index in [0.29, 0.717) is 10.1 Å². The summed E-state index contributed by atoms with van der Waals surface area (Å²) in [4.78, 5) is 0.379. The summed E-state index contributed by atoms with van der Waals surface area (Å²) in [6.45, 7) is 6.01. The van der Waals surface area contributed by atoms with E-state index >= 15 is 0 Å². The first-order valence-electron chi connectivity index (χ1n) is 4.40. The lowest BCUT2D eigenvalue weighted by Gasteiger charge is -2.18. The number of rotatable bonds is 2. The van der Waals surface area contributed by atoms with Gasteiger partial charge in [0.15, 0.2) is 11.6 Å². The second-order valence-corrected chi connectivity index (χ2v) is 10.1. The lowest BCUT2D eigenvalue weighted by Crippen LogP contribution is -2.40. The molecule has 0 fully saturated rings. The molecule has 0 bridgehead atoms. The van der Waals surface area contributed by atoms with Gasteiger partial charge in [-0.05, 0) is 17.5 Å². The van der Waals surface area contributed by atoms with Gasteiger partial charge in [-0.3, -0.25) is 0 Å². The summed E-state index contributed by atoms with van der Waals surface area (Å²) in [6, 6.07) is 3.38. The number of halogens is 2. The van der Waals surface area contributed by atoms with Crippen molar-refractivity contribution in [3.63, 3.8) is 0 Å². The Hall–Kier alpha value is -0.353. The van der Waals surface area contributed by atoms with E-state index < -0.39 is 19.7 Å². The number of hydrogen-bond donors (Lipinski definition) is 0. The van der Waals surface area contributed by atoms with Gasteiger partial charge in [0, 0.05) is 4.90 Å². The fourth-order valence-electron chi connectivity index (χ4n) is 1.27. The van der Waals surface area contributed by atoms with E-state index in [1.807, 2.05) is 19.6 Å². The van der Waals surface area contributed by atoms with Crippen LogP contribution < -0.4 is 5.19 Å². The van der Waals surface area contributed by atoms with Crippen LogP contribution in [0, 0.1) is 11.6 Å². The molecule has 0 heterocycles. The van der Waals surface area contributed by atoms with Crippen LogP contribution in [0.5, 0.6) is 0 Å². The molecular weight excluding hydrogens is 218 g/mol. The quantitative estimate of drug-likeness (QED) is 0.557. The number of hydrogen-bond acceptors (Lipinski definition) is 1. The molecule has 0 aliphatic carbocycles. The van der Waals surface area contributed by atoms with E-state index in [4.69, 9.17) is 0 Å². The Balaban J connectivity index is 3.31. The van der Waals surface area contributed by atoms with Crippen LogP contribution in [0.3, 0.4) is 0 Å². The first-order chi connectivity index (χ1) is 6.38. The molecule has 0 aliphatic rings. The molecule has 0 amide bonds. The monoisotopic (exact) mass is 232 g/mol. The van der Waals surface area contributed by atoms with Gasteiger partial charge in [0.25, 0.3) is 0 Å². The van der Waals surface area contributed by atoms with Crippen LogP contribution in [0.1, 0.15) is 0 Å². The maximum absolute atomic E-state index is 13.6. The van der Waals surface area contributed by atoms with E-state index in [1.165, 1.54) is 11.8 Å². The van der Waals surface area contributed by atoms with Crippen molar-refractivity contribution in [1.82, 2.24) is 0 Å². The Morgan fingerprint density at radius 1 is 1.07 bits per heavy atom. The van der Waals surface area contributed by atoms with Crippen LogP contribution in [-0.2, 0) is 0 Å². The molecule has 1 rings (SSSR count). The van der Waals surface area contributed by atoms with Crippen LogP contribution >= 0.6 is 11.8 Å². The van der Waals surface area contributed by atoms with Crippen LogP contribution in [-0.4, -0.2) is 14.3 Å². The molecule has 0 unspecified atom stereocenters. The highest BCUT2D eigenvalue weighted by molar-refractivity contribution is 7.98. The summed E-state index contributed by atoms with van der Waals surface area (Å²) >= 11 is 1.23. The van der Waals surface area contributed by atoms with Gasteiger partial charge in [0.2, 0.25) is 0 Å². The van der Waals surface area contributed by atoms with Crippen molar-refractivity contribution >= 4 is 25.0 Å². The molecule has 78 valence electrons. The predicted octanol–water partition coefficient (Wildman–Crippen LogP) is 3.23. The van der Waals surface area contributed by atoms with E-state index in [-0.39, 0.29) is 0 Å². The molecule has 1 aromatic rings. The maximum atomic E-state index is 13.6. The van der Waals surface area contributed by atoms with Crippen molar-refractivity contribution in [3.8, 4) is 0 Å². The fourth-order valence-corrected chi connectivity index (χ4v) is 3.09. The summed E-state index contributed by atoms with van der Waals surface area (Å²) < 4.78 is 27.0. The van der Waals surface area contributed by atoms with Crippen molar-refractivity contribution in [2.75, 3.05) is 6.26 Å². The molecule has 0 radical (unpaired) electrons. The minimum absolute atomic E-state index is 0.379. The summed E-state index contributed by atoms with van der Waals surface area (Å²) in [6.07, 6.45) is 1.74. The summed E-state index contributed by atoms with van der Waals surface area (Å²) in [5, 5.41) is 0.563. The van der Waals surface area contributed by atoms with Crippen molar-refractivity contribution in [2.24, 2.45) is 0 Å². The minimum Gasteiger partial charge on any atom is -0.204 e. The van der Waals surface area contributed by atoms with Gasteiger partial charge in [-0.25, -0.2) is 8.78 Å². The molecule has 0 saturated carbocycles. The van der Waals surface area contributed by atoms with Crippen LogP contribution in [0.15, 0.2) is 17.0 Å². The van der Waals surface area contributed by atoms with E-state index in [2.05, 4.69) is 0 Å². The molecule has 0 saturated heterocycles. The molecule has 0 atom stereocenters. The Labute approximate surface area is 88.7 Å². The highest BCUT2D eigenvalue weighted by atomic mass is 32.2. The highest BCUT2D eigenvalue weighted by Crippen LogP contribution is 2.21. The van der Waals surface area contributed by atoms with Gasteiger partial charge in [0.1, 0.15) is 0 Å². The first-order valence-corrected chi connectivity index (χ1v) is 9.13. The third-order valence-electron chi connectivity index (χ3n) is 2.07. The van der Waals surface area contributed by atoms with Gasteiger partial charge in [-0.1, -0.05) is 25.7 Å². The van der Waals surface area contributed by atoms with E-state index in [9.17, 15) is 8.78 Å². The first kappa shape index (κ1) is 11.7. The second-order valence-electron chi connectivity index (χ2n) is 4.19. The smallest absolute Gasteiger partial charge is 0.172 e. The molecular formula is C10H14F2SSi. The zero-order valence-corrected chi connectivity index (χ0v) is 10.6. The van der Waals surface area contributed by atoms with E-state index in [0.717, 1.165) is 0 Å². The third-order valence-corrected chi connectivity index (χ3v) is 4.83. The van der Waals surface area contributed by atoms with Crippen LogP contribution in [0.4, 0.5) is 8.78 Å². The van der Waals surface area contributed by atoms with Crippen molar-refractivity contribution < 1.29 is 8.78 Å². The Bertz CT molecular complexity index is 345. The normalized spacial score (nSPS) is 11.9. The molecule has 14 heavy (non-hydrogen) atoms. The van der Waals surface area contributed by atoms with Gasteiger partial charge >= 0.3 is 0 Å². The number of benzene rings is 1. The Kier molecular flexibility index (Phi) is 3.37. The SMILES string of the molecule is CSc1ccc([Si](C)(C)C)c(F)c1F. The van der Waals surface area contributed by atoms with Crippen LogP contribution in [0.2, 0.25) is 19.6 Å². The Morgan fingerprint density at radius 3 is 2.07 bits per heavy atom. The molecule has 4 heteroatoms. The fraction of sp³-hybridized carbons (Fsp3) is 0.400. The van der Waals surface area contributed by atoms with Crippen molar-refractivity contribution in [1.29, 1.82) is 0 Å². The number of thioether (sulfide) groups is 1. The predicted molar refractivity (Wildman–Crippen MR) is 61.1 cm³/mol. The zero-order valence-electron chi connectivity index (χ0n) is 8.82. The molecule has 0 spiro atoms. The highest BCUT2D eigenvalue weighted by Gasteiger charge is 2.24. The minimum atomic E-state index is -1.77. The summed E-state index contributed by atoms with van der Waals surface area (Å²) in [5.74, 6) is -1.35.